The van der Waals surface area contributed by atoms with E-state index in [2.05, 4.69) is 10.6 Å². The Morgan fingerprint density at radius 2 is 1.78 bits per heavy atom. The number of hydrogen-bond acceptors (Lipinski definition) is 3. The molecule has 2 amide bonds. The number of benzene rings is 2. The molecule has 0 saturated heterocycles. The van der Waals surface area contributed by atoms with Gasteiger partial charge in [-0.1, -0.05) is 30.3 Å². The van der Waals surface area contributed by atoms with Gasteiger partial charge in [-0.2, -0.15) is 0 Å². The summed E-state index contributed by atoms with van der Waals surface area (Å²) >= 11 is 0. The molecule has 2 atom stereocenters. The number of halogens is 1. The molecule has 0 unspecified atom stereocenters. The molecule has 2 aromatic carbocycles. The maximum Gasteiger partial charge on any atom is 0.411 e. The maximum absolute atomic E-state index is 12.9. The first kappa shape index (κ1) is 18.9. The molecule has 27 heavy (non-hydrogen) atoms. The summed E-state index contributed by atoms with van der Waals surface area (Å²) in [6, 6.07) is 15.0. The standard InChI is InChI=1S/C21H23FN2O3/c22-16-11-9-15(10-12-16)13-20(25)23-18-7-4-8-19(14-18)27-21(26)24-17-5-2-1-3-6-17/h1-3,5-6,9-12,18-19H,4,7-8,13-14H2,(H,23,25)(H,24,26)/t18-,19-/m1/s1. The molecule has 142 valence electrons. The van der Waals surface area contributed by atoms with Gasteiger partial charge in [0.05, 0.1) is 6.42 Å². The summed E-state index contributed by atoms with van der Waals surface area (Å²) in [5.74, 6) is -0.429. The smallest absolute Gasteiger partial charge is 0.411 e. The van der Waals surface area contributed by atoms with Crippen molar-refractivity contribution in [2.45, 2.75) is 44.2 Å². The summed E-state index contributed by atoms with van der Waals surface area (Å²) in [6.45, 7) is 0. The molecule has 2 N–H and O–H groups in total. The fraction of sp³-hybridized carbons (Fsp3) is 0.333. The number of nitrogens with one attached hydrogen (secondary N) is 2. The van der Waals surface area contributed by atoms with Crippen LogP contribution in [-0.2, 0) is 16.0 Å². The van der Waals surface area contributed by atoms with E-state index in [9.17, 15) is 14.0 Å². The van der Waals surface area contributed by atoms with Gasteiger partial charge in [0.15, 0.2) is 0 Å². The highest BCUT2D eigenvalue weighted by Gasteiger charge is 2.26. The average molecular weight is 370 g/mol. The first-order valence-electron chi connectivity index (χ1n) is 9.15. The van der Waals surface area contributed by atoms with Crippen molar-refractivity contribution in [3.05, 3.63) is 66.0 Å². The number of anilines is 1. The van der Waals surface area contributed by atoms with Crippen LogP contribution in [0.5, 0.6) is 0 Å². The van der Waals surface area contributed by atoms with Gasteiger partial charge in [-0.3, -0.25) is 10.1 Å². The zero-order valence-electron chi connectivity index (χ0n) is 15.0. The lowest BCUT2D eigenvalue weighted by molar-refractivity contribution is -0.121. The summed E-state index contributed by atoms with van der Waals surface area (Å²) in [4.78, 5) is 24.2. The summed E-state index contributed by atoms with van der Waals surface area (Å²) in [7, 11) is 0. The fourth-order valence-corrected chi connectivity index (χ4v) is 3.27. The molecule has 0 radical (unpaired) electrons. The first-order valence-corrected chi connectivity index (χ1v) is 9.15. The second kappa shape index (κ2) is 9.16. The second-order valence-corrected chi connectivity index (χ2v) is 6.75. The number of ether oxygens (including phenoxy) is 1. The Bertz CT molecular complexity index is 765. The largest absolute Gasteiger partial charge is 0.446 e. The van der Waals surface area contributed by atoms with Crippen molar-refractivity contribution in [1.82, 2.24) is 5.32 Å². The minimum Gasteiger partial charge on any atom is -0.446 e. The molecule has 1 fully saturated rings. The number of para-hydroxylation sites is 1. The van der Waals surface area contributed by atoms with Crippen LogP contribution < -0.4 is 10.6 Å². The molecule has 0 bridgehead atoms. The SMILES string of the molecule is O=C(Cc1ccc(F)cc1)N[C@@H]1CCC[C@@H](OC(=O)Nc2ccccc2)C1. The van der Waals surface area contributed by atoms with E-state index in [1.54, 1.807) is 24.3 Å². The van der Waals surface area contributed by atoms with Gasteiger partial charge in [-0.05, 0) is 49.1 Å². The quantitative estimate of drug-likeness (QED) is 0.835. The predicted molar refractivity (Wildman–Crippen MR) is 101 cm³/mol. The topological polar surface area (TPSA) is 67.4 Å². The molecule has 1 saturated carbocycles. The molecular formula is C21H23FN2O3. The molecule has 0 heterocycles. The van der Waals surface area contributed by atoms with E-state index in [1.807, 2.05) is 18.2 Å². The van der Waals surface area contributed by atoms with Crippen LogP contribution in [-0.4, -0.2) is 24.1 Å². The van der Waals surface area contributed by atoms with Crippen LogP contribution >= 0.6 is 0 Å². The molecule has 0 aliphatic heterocycles. The van der Waals surface area contributed by atoms with E-state index in [0.717, 1.165) is 24.8 Å². The highest BCUT2D eigenvalue weighted by Crippen LogP contribution is 2.22. The van der Waals surface area contributed by atoms with Crippen LogP contribution in [0.25, 0.3) is 0 Å². The number of hydrogen-bond donors (Lipinski definition) is 2. The van der Waals surface area contributed by atoms with Gasteiger partial charge < -0.3 is 10.1 Å². The van der Waals surface area contributed by atoms with Gasteiger partial charge in [0.1, 0.15) is 11.9 Å². The normalized spacial score (nSPS) is 19.1. The highest BCUT2D eigenvalue weighted by atomic mass is 19.1. The Morgan fingerprint density at radius 3 is 2.52 bits per heavy atom. The van der Waals surface area contributed by atoms with Crippen molar-refractivity contribution in [1.29, 1.82) is 0 Å². The van der Waals surface area contributed by atoms with Gasteiger partial charge in [0, 0.05) is 18.2 Å². The first-order chi connectivity index (χ1) is 13.1. The van der Waals surface area contributed by atoms with Gasteiger partial charge in [-0.25, -0.2) is 9.18 Å². The lowest BCUT2D eigenvalue weighted by atomic mass is 9.92. The van der Waals surface area contributed by atoms with Crippen molar-refractivity contribution >= 4 is 17.7 Å². The molecule has 5 nitrogen and oxygen atoms in total. The third kappa shape index (κ3) is 6.09. The Morgan fingerprint density at radius 1 is 1.04 bits per heavy atom. The van der Waals surface area contributed by atoms with E-state index in [4.69, 9.17) is 4.74 Å². The van der Waals surface area contributed by atoms with Crippen molar-refractivity contribution in [3.63, 3.8) is 0 Å². The Kier molecular flexibility index (Phi) is 6.41. The monoisotopic (exact) mass is 370 g/mol. The Hall–Kier alpha value is -2.89. The third-order valence-corrected chi connectivity index (χ3v) is 4.56. The minimum atomic E-state index is -0.482. The third-order valence-electron chi connectivity index (χ3n) is 4.56. The molecule has 0 spiro atoms. The van der Waals surface area contributed by atoms with Crippen LogP contribution in [0.3, 0.4) is 0 Å². The zero-order valence-corrected chi connectivity index (χ0v) is 15.0. The molecule has 6 heteroatoms. The van der Waals surface area contributed by atoms with Crippen molar-refractivity contribution in [2.24, 2.45) is 0 Å². The minimum absolute atomic E-state index is 0.0266. The lowest BCUT2D eigenvalue weighted by Crippen LogP contribution is -2.41. The van der Waals surface area contributed by atoms with E-state index in [0.29, 0.717) is 12.1 Å². The van der Waals surface area contributed by atoms with Crippen LogP contribution in [0, 0.1) is 5.82 Å². The molecule has 1 aliphatic rings. The molecule has 3 rings (SSSR count). The van der Waals surface area contributed by atoms with Gasteiger partial charge in [0.25, 0.3) is 0 Å². The maximum atomic E-state index is 12.9. The number of rotatable bonds is 5. The van der Waals surface area contributed by atoms with Gasteiger partial charge in [0.2, 0.25) is 5.91 Å². The van der Waals surface area contributed by atoms with Crippen LogP contribution in [0.2, 0.25) is 0 Å². The Labute approximate surface area is 157 Å². The Balaban J connectivity index is 1.45. The van der Waals surface area contributed by atoms with Crippen LogP contribution in [0.1, 0.15) is 31.2 Å². The zero-order chi connectivity index (χ0) is 19.1. The second-order valence-electron chi connectivity index (χ2n) is 6.75. The molecular weight excluding hydrogens is 347 g/mol. The lowest BCUT2D eigenvalue weighted by Gasteiger charge is -2.29. The summed E-state index contributed by atoms with van der Waals surface area (Å²) < 4.78 is 18.4. The van der Waals surface area contributed by atoms with E-state index in [-0.39, 0.29) is 30.3 Å². The molecule has 1 aliphatic carbocycles. The van der Waals surface area contributed by atoms with E-state index < -0.39 is 6.09 Å². The van der Waals surface area contributed by atoms with Gasteiger partial charge in [-0.15, -0.1) is 0 Å². The molecule has 2 aromatic rings. The average Bonchev–Trinajstić information content (AvgIpc) is 2.64. The number of amides is 2. The highest BCUT2D eigenvalue weighted by molar-refractivity contribution is 5.84. The molecule has 0 aromatic heterocycles. The number of carbonyl (C=O) groups is 2. The van der Waals surface area contributed by atoms with E-state index in [1.165, 1.54) is 12.1 Å². The van der Waals surface area contributed by atoms with Crippen molar-refractivity contribution < 1.29 is 18.7 Å². The van der Waals surface area contributed by atoms with Crippen LogP contribution in [0.4, 0.5) is 14.9 Å². The van der Waals surface area contributed by atoms with Gasteiger partial charge >= 0.3 is 6.09 Å². The summed E-state index contributed by atoms with van der Waals surface area (Å²) in [5, 5.41) is 5.69. The summed E-state index contributed by atoms with van der Waals surface area (Å²) in [6.07, 6.45) is 2.61. The number of carbonyl (C=O) groups excluding carboxylic acids is 2. The fourth-order valence-electron chi connectivity index (χ4n) is 3.27. The van der Waals surface area contributed by atoms with E-state index >= 15 is 0 Å². The van der Waals surface area contributed by atoms with Crippen molar-refractivity contribution in [2.75, 3.05) is 5.32 Å². The van der Waals surface area contributed by atoms with Crippen molar-refractivity contribution in [3.8, 4) is 0 Å². The predicted octanol–water partition coefficient (Wildman–Crippen LogP) is 4.04. The van der Waals surface area contributed by atoms with Crippen LogP contribution in [0.15, 0.2) is 54.6 Å². The summed E-state index contributed by atoms with van der Waals surface area (Å²) in [5.41, 5.74) is 1.45.